The Bertz CT molecular complexity index is 1260. The van der Waals surface area contributed by atoms with Gasteiger partial charge in [0.1, 0.15) is 0 Å². The van der Waals surface area contributed by atoms with Gasteiger partial charge < -0.3 is 14.9 Å². The molecule has 0 aliphatic rings. The van der Waals surface area contributed by atoms with Crippen LogP contribution in [0.15, 0.2) is 104 Å². The second-order valence-corrected chi connectivity index (χ2v) is 8.72. The van der Waals surface area contributed by atoms with E-state index in [0.29, 0.717) is 5.46 Å². The van der Waals surface area contributed by atoms with Crippen LogP contribution in [0.5, 0.6) is 0 Å². The molecule has 3 aromatic carbocycles. The van der Waals surface area contributed by atoms with Gasteiger partial charge in [-0.1, -0.05) is 106 Å². The molecule has 0 aromatic heterocycles. The lowest BCUT2D eigenvalue weighted by molar-refractivity contribution is 0.426. The Kier molecular flexibility index (Phi) is 12.6. The van der Waals surface area contributed by atoms with E-state index in [1.807, 2.05) is 70.2 Å². The van der Waals surface area contributed by atoms with Gasteiger partial charge in [0.25, 0.3) is 0 Å². The van der Waals surface area contributed by atoms with Crippen LogP contribution in [-0.2, 0) is 0 Å². The minimum Gasteiger partial charge on any atom is -0.423 e. The second kappa shape index (κ2) is 15.6. The first-order valence-electron chi connectivity index (χ1n) is 13.5. The number of hydrogen-bond acceptors (Lipinski definition) is 3. The molecule has 198 valence electrons. The number of hydrogen-bond donors (Lipinski definition) is 2. The molecule has 0 aliphatic carbocycles. The van der Waals surface area contributed by atoms with Crippen molar-refractivity contribution in [1.29, 1.82) is 0 Å². The van der Waals surface area contributed by atoms with Gasteiger partial charge in [0.2, 0.25) is 0 Å². The summed E-state index contributed by atoms with van der Waals surface area (Å²) in [5.41, 5.74) is 7.64. The van der Waals surface area contributed by atoms with E-state index in [1.54, 1.807) is 0 Å². The first-order chi connectivity index (χ1) is 18.4. The molecule has 3 rings (SSSR count). The lowest BCUT2D eigenvalue weighted by Gasteiger charge is -2.31. The van der Waals surface area contributed by atoms with E-state index < -0.39 is 7.12 Å². The van der Waals surface area contributed by atoms with Crippen LogP contribution in [0, 0.1) is 0 Å². The van der Waals surface area contributed by atoms with Gasteiger partial charge in [-0.3, -0.25) is 0 Å². The molecule has 2 N–H and O–H groups in total. The fraction of sp³-hybridized carbons (Fsp3) is 0.235. The van der Waals surface area contributed by atoms with E-state index in [9.17, 15) is 10.0 Å². The Morgan fingerprint density at radius 3 is 2.24 bits per heavy atom. The predicted octanol–water partition coefficient (Wildman–Crippen LogP) is 8.17. The van der Waals surface area contributed by atoms with Gasteiger partial charge >= 0.3 is 7.12 Å². The lowest BCUT2D eigenvalue weighted by atomic mass is 9.77. The zero-order valence-electron chi connectivity index (χ0n) is 23.7. The largest absolute Gasteiger partial charge is 0.488 e. The van der Waals surface area contributed by atoms with Crippen molar-refractivity contribution in [2.24, 2.45) is 0 Å². The molecule has 0 heterocycles. The van der Waals surface area contributed by atoms with Crippen LogP contribution in [0.2, 0.25) is 0 Å². The highest BCUT2D eigenvalue weighted by atomic mass is 16.4. The van der Waals surface area contributed by atoms with Gasteiger partial charge in [0.05, 0.1) is 0 Å². The Morgan fingerprint density at radius 2 is 1.66 bits per heavy atom. The molecule has 38 heavy (non-hydrogen) atoms. The number of anilines is 2. The standard InChI is InChI=1S/C32H36BNO2.C2H6/c1-6-10-14-24(5)34(32-16-12-11-15-26(32)9-4)31-19-17-27(18-20-31)29-21-28(25(8-3)13-7-2)22-30(23-29)33(35)36;1-2/h7-24,35-36H,4,6H2,1-3,5H3;1-2H3/b13-7-,14-10-,25-8+;. The fourth-order valence-electron chi connectivity index (χ4n) is 4.38. The number of benzene rings is 3. The third kappa shape index (κ3) is 7.70. The molecule has 0 bridgehead atoms. The van der Waals surface area contributed by atoms with Crippen molar-refractivity contribution < 1.29 is 10.0 Å². The number of nitrogens with zero attached hydrogens (tertiary/aromatic N) is 1. The maximum atomic E-state index is 9.93. The molecule has 1 unspecified atom stereocenters. The number of para-hydroxylation sites is 1. The molecular weight excluding hydrogens is 465 g/mol. The van der Waals surface area contributed by atoms with E-state index in [2.05, 4.69) is 86.0 Å². The van der Waals surface area contributed by atoms with Crippen molar-refractivity contribution in [3.63, 3.8) is 0 Å². The molecule has 0 fully saturated rings. The lowest BCUT2D eigenvalue weighted by Crippen LogP contribution is -2.30. The SMILES string of the molecule is C=Cc1ccccc1N(c1ccc(-c2cc(B(O)O)cc(C(/C=C\C)=C/C)c2)cc1)C(C)/C=C\CC.CC. The van der Waals surface area contributed by atoms with Crippen LogP contribution in [0.1, 0.15) is 59.1 Å². The summed E-state index contributed by atoms with van der Waals surface area (Å²) in [7, 11) is -1.54. The van der Waals surface area contributed by atoms with Gasteiger partial charge in [-0.2, -0.15) is 0 Å². The summed E-state index contributed by atoms with van der Waals surface area (Å²) >= 11 is 0. The summed E-state index contributed by atoms with van der Waals surface area (Å²) in [5, 5.41) is 19.9. The highest BCUT2D eigenvalue weighted by molar-refractivity contribution is 6.58. The summed E-state index contributed by atoms with van der Waals surface area (Å²) in [6, 6.07) is 22.6. The smallest absolute Gasteiger partial charge is 0.423 e. The van der Waals surface area contributed by atoms with Gasteiger partial charge in [0.15, 0.2) is 0 Å². The Labute approximate surface area is 230 Å². The molecular formula is C34H42BNO2. The van der Waals surface area contributed by atoms with Crippen LogP contribution in [-0.4, -0.2) is 23.2 Å². The van der Waals surface area contributed by atoms with E-state index >= 15 is 0 Å². The van der Waals surface area contributed by atoms with Crippen molar-refractivity contribution in [1.82, 2.24) is 0 Å². The van der Waals surface area contributed by atoms with Crippen molar-refractivity contribution >= 4 is 35.6 Å². The summed E-state index contributed by atoms with van der Waals surface area (Å²) in [4.78, 5) is 2.32. The van der Waals surface area contributed by atoms with Crippen molar-refractivity contribution in [3.05, 3.63) is 115 Å². The maximum Gasteiger partial charge on any atom is 0.488 e. The third-order valence-corrected chi connectivity index (χ3v) is 6.20. The predicted molar refractivity (Wildman–Crippen MR) is 169 cm³/mol. The highest BCUT2D eigenvalue weighted by Gasteiger charge is 2.18. The van der Waals surface area contributed by atoms with E-state index in [0.717, 1.165) is 45.6 Å². The monoisotopic (exact) mass is 507 g/mol. The van der Waals surface area contributed by atoms with Crippen molar-refractivity contribution in [2.45, 2.75) is 54.0 Å². The summed E-state index contributed by atoms with van der Waals surface area (Å²) in [5.74, 6) is 0. The molecule has 0 radical (unpaired) electrons. The highest BCUT2D eigenvalue weighted by Crippen LogP contribution is 2.34. The minimum atomic E-state index is -1.54. The summed E-state index contributed by atoms with van der Waals surface area (Å²) in [6.45, 7) is 16.3. The Morgan fingerprint density at radius 1 is 0.974 bits per heavy atom. The van der Waals surface area contributed by atoms with Crippen molar-refractivity contribution in [2.75, 3.05) is 4.90 Å². The zero-order chi connectivity index (χ0) is 28.1. The molecule has 1 atom stereocenters. The first kappa shape index (κ1) is 30.6. The Balaban J connectivity index is 0.00000247. The minimum absolute atomic E-state index is 0.148. The van der Waals surface area contributed by atoms with Crippen LogP contribution in [0.3, 0.4) is 0 Å². The summed E-state index contributed by atoms with van der Waals surface area (Å²) in [6.07, 6.45) is 13.3. The van der Waals surface area contributed by atoms with Crippen LogP contribution in [0.4, 0.5) is 11.4 Å². The Hall–Kier alpha value is -3.60. The molecule has 0 saturated heterocycles. The normalized spacial score (nSPS) is 12.3. The van der Waals surface area contributed by atoms with Gasteiger partial charge in [-0.15, -0.1) is 0 Å². The molecule has 0 spiro atoms. The molecule has 3 aromatic rings. The molecule has 4 heteroatoms. The third-order valence-electron chi connectivity index (χ3n) is 6.20. The average Bonchev–Trinajstić information content (AvgIpc) is 2.96. The van der Waals surface area contributed by atoms with E-state index in [-0.39, 0.29) is 6.04 Å². The quantitative estimate of drug-likeness (QED) is 0.165. The number of allylic oxidation sites excluding steroid dienone is 5. The molecule has 3 nitrogen and oxygen atoms in total. The number of rotatable bonds is 10. The maximum absolute atomic E-state index is 9.93. The van der Waals surface area contributed by atoms with E-state index in [4.69, 9.17) is 0 Å². The molecule has 0 amide bonds. The van der Waals surface area contributed by atoms with Crippen LogP contribution < -0.4 is 10.4 Å². The van der Waals surface area contributed by atoms with Gasteiger partial charge in [-0.05, 0) is 84.7 Å². The first-order valence-corrected chi connectivity index (χ1v) is 13.5. The topological polar surface area (TPSA) is 43.7 Å². The summed E-state index contributed by atoms with van der Waals surface area (Å²) < 4.78 is 0. The van der Waals surface area contributed by atoms with Crippen molar-refractivity contribution in [3.8, 4) is 11.1 Å². The second-order valence-electron chi connectivity index (χ2n) is 8.72. The average molecular weight is 508 g/mol. The van der Waals surface area contributed by atoms with Crippen LogP contribution in [0.25, 0.3) is 22.8 Å². The molecule has 0 saturated carbocycles. The van der Waals surface area contributed by atoms with Gasteiger partial charge in [0, 0.05) is 17.4 Å². The zero-order valence-corrected chi connectivity index (χ0v) is 23.7. The van der Waals surface area contributed by atoms with Crippen LogP contribution >= 0.6 is 0 Å². The van der Waals surface area contributed by atoms with Gasteiger partial charge in [-0.25, -0.2) is 0 Å². The molecule has 0 aliphatic heterocycles. The van der Waals surface area contributed by atoms with E-state index in [1.165, 1.54) is 0 Å². The fourth-order valence-corrected chi connectivity index (χ4v) is 4.38.